The molecule has 0 unspecified atom stereocenters. The molecule has 0 amide bonds. The van der Waals surface area contributed by atoms with Crippen molar-refractivity contribution in [3.63, 3.8) is 0 Å². The van der Waals surface area contributed by atoms with Gasteiger partial charge in [0, 0.05) is 0 Å². The summed E-state index contributed by atoms with van der Waals surface area (Å²) in [7, 11) is 0. The summed E-state index contributed by atoms with van der Waals surface area (Å²) in [5.41, 5.74) is -1.11. The molecule has 0 heterocycles. The molecule has 0 fully saturated rings. The molecule has 0 aliphatic carbocycles. The zero-order chi connectivity index (χ0) is 19.7. The van der Waals surface area contributed by atoms with Crippen LogP contribution in [0.15, 0.2) is 23.8 Å². The van der Waals surface area contributed by atoms with Gasteiger partial charge in [-0.3, -0.25) is 0 Å². The van der Waals surface area contributed by atoms with Crippen molar-refractivity contribution in [3.05, 3.63) is 40.5 Å². The Hall–Kier alpha value is -3.16. The minimum atomic E-state index is -1.44. The maximum Gasteiger partial charge on any atom is 0.345 e. The van der Waals surface area contributed by atoms with Gasteiger partial charge in [0.1, 0.15) is 5.57 Å². The first-order valence-corrected chi connectivity index (χ1v) is 7.98. The zero-order valence-electron chi connectivity index (χ0n) is 14.5. The summed E-state index contributed by atoms with van der Waals surface area (Å²) in [4.78, 5) is 46.5. The second-order valence-electron chi connectivity index (χ2n) is 5.25. The van der Waals surface area contributed by atoms with E-state index in [1.807, 2.05) is 0 Å². The lowest BCUT2D eigenvalue weighted by atomic mass is 10.0. The normalized spacial score (nSPS) is 9.92. The van der Waals surface area contributed by atoms with Crippen LogP contribution in [0.25, 0.3) is 6.08 Å². The molecule has 0 saturated heterocycles. The van der Waals surface area contributed by atoms with E-state index in [1.54, 1.807) is 13.8 Å². The largest absolute Gasteiger partial charge is 0.478 e. The molecule has 1 rings (SSSR count). The number of carboxylic acid groups (broad SMARTS) is 2. The minimum Gasteiger partial charge on any atom is -0.478 e. The average molecular weight is 364 g/mol. The van der Waals surface area contributed by atoms with E-state index >= 15 is 0 Å². The number of hydrogen-bond donors (Lipinski definition) is 2. The van der Waals surface area contributed by atoms with Crippen LogP contribution in [-0.2, 0) is 19.1 Å². The van der Waals surface area contributed by atoms with Crippen molar-refractivity contribution in [2.45, 2.75) is 26.7 Å². The van der Waals surface area contributed by atoms with Crippen LogP contribution in [0.2, 0.25) is 0 Å². The number of ether oxygens (including phenoxy) is 2. The van der Waals surface area contributed by atoms with E-state index < -0.39 is 40.6 Å². The quantitative estimate of drug-likeness (QED) is 0.296. The van der Waals surface area contributed by atoms with E-state index in [0.29, 0.717) is 12.8 Å². The molecule has 1 aromatic rings. The van der Waals surface area contributed by atoms with Gasteiger partial charge in [0.15, 0.2) is 0 Å². The van der Waals surface area contributed by atoms with Gasteiger partial charge in [0.05, 0.1) is 24.3 Å². The van der Waals surface area contributed by atoms with E-state index in [-0.39, 0.29) is 18.8 Å². The summed E-state index contributed by atoms with van der Waals surface area (Å²) in [5.74, 6) is -4.64. The lowest BCUT2D eigenvalue weighted by Gasteiger charge is -2.09. The fraction of sp³-hybridized carbons (Fsp3) is 0.333. The van der Waals surface area contributed by atoms with E-state index in [0.717, 1.165) is 18.2 Å². The topological polar surface area (TPSA) is 127 Å². The number of carbonyl (C=O) groups excluding carboxylic acids is 2. The van der Waals surface area contributed by atoms with Gasteiger partial charge in [-0.05, 0) is 36.6 Å². The smallest absolute Gasteiger partial charge is 0.345 e. The molecule has 26 heavy (non-hydrogen) atoms. The van der Waals surface area contributed by atoms with Crippen molar-refractivity contribution < 1.29 is 38.9 Å². The van der Waals surface area contributed by atoms with Crippen LogP contribution in [0.5, 0.6) is 0 Å². The van der Waals surface area contributed by atoms with Gasteiger partial charge >= 0.3 is 23.9 Å². The molecule has 0 aromatic heterocycles. The van der Waals surface area contributed by atoms with Crippen molar-refractivity contribution in [1.82, 2.24) is 0 Å². The highest BCUT2D eigenvalue weighted by molar-refractivity contribution is 6.17. The lowest BCUT2D eigenvalue weighted by Crippen LogP contribution is -2.19. The average Bonchev–Trinajstić information content (AvgIpc) is 2.61. The number of aromatic carboxylic acids is 2. The summed E-state index contributed by atoms with van der Waals surface area (Å²) in [6.07, 6.45) is 2.23. The lowest BCUT2D eigenvalue weighted by molar-refractivity contribution is -0.147. The molecule has 140 valence electrons. The van der Waals surface area contributed by atoms with Crippen LogP contribution < -0.4 is 0 Å². The second kappa shape index (κ2) is 9.97. The third-order valence-electron chi connectivity index (χ3n) is 3.13. The Kier molecular flexibility index (Phi) is 8.01. The number of carboxylic acids is 2. The Morgan fingerprint density at radius 2 is 1.38 bits per heavy atom. The number of hydrogen-bond acceptors (Lipinski definition) is 6. The van der Waals surface area contributed by atoms with E-state index in [9.17, 15) is 19.2 Å². The van der Waals surface area contributed by atoms with Crippen LogP contribution in [0.3, 0.4) is 0 Å². The molecule has 0 spiro atoms. The first kappa shape index (κ1) is 20.9. The maximum atomic E-state index is 12.1. The molecule has 0 aliphatic rings. The molecule has 2 N–H and O–H groups in total. The van der Waals surface area contributed by atoms with Crippen LogP contribution in [0, 0.1) is 0 Å². The van der Waals surface area contributed by atoms with Crippen LogP contribution in [0.4, 0.5) is 0 Å². The Balaban J connectivity index is 3.31. The molecule has 0 aliphatic heterocycles. The van der Waals surface area contributed by atoms with Crippen molar-refractivity contribution in [1.29, 1.82) is 0 Å². The number of esters is 2. The number of benzene rings is 1. The Morgan fingerprint density at radius 1 is 0.885 bits per heavy atom. The van der Waals surface area contributed by atoms with Crippen LogP contribution in [-0.4, -0.2) is 47.3 Å². The first-order valence-electron chi connectivity index (χ1n) is 7.98. The Bertz CT molecular complexity index is 711. The fourth-order valence-electron chi connectivity index (χ4n) is 1.93. The third kappa shape index (κ3) is 5.73. The highest BCUT2D eigenvalue weighted by atomic mass is 16.6. The van der Waals surface area contributed by atoms with Crippen molar-refractivity contribution in [2.24, 2.45) is 0 Å². The summed E-state index contributed by atoms with van der Waals surface area (Å²) in [6.45, 7) is 3.79. The van der Waals surface area contributed by atoms with Crippen LogP contribution >= 0.6 is 0 Å². The SMILES string of the molecule is CCCOC(=O)C(=Cc1ccc(C(=O)O)c(C(=O)O)c1)C(=O)OCCC. The van der Waals surface area contributed by atoms with Gasteiger partial charge in [-0.25, -0.2) is 19.2 Å². The van der Waals surface area contributed by atoms with Crippen molar-refractivity contribution >= 4 is 30.0 Å². The molecular weight excluding hydrogens is 344 g/mol. The Morgan fingerprint density at radius 3 is 1.81 bits per heavy atom. The molecule has 0 atom stereocenters. The van der Waals surface area contributed by atoms with Gasteiger partial charge in [-0.1, -0.05) is 19.9 Å². The molecular formula is C18H20O8. The van der Waals surface area contributed by atoms with Gasteiger partial charge < -0.3 is 19.7 Å². The van der Waals surface area contributed by atoms with Crippen molar-refractivity contribution in [2.75, 3.05) is 13.2 Å². The summed E-state index contributed by atoms with van der Waals surface area (Å²) in [6, 6.07) is 3.44. The summed E-state index contributed by atoms with van der Waals surface area (Å²) >= 11 is 0. The molecule has 0 saturated carbocycles. The van der Waals surface area contributed by atoms with Crippen molar-refractivity contribution in [3.8, 4) is 0 Å². The predicted octanol–water partition coefficient (Wildman–Crippen LogP) is 2.37. The zero-order valence-corrected chi connectivity index (χ0v) is 14.5. The minimum absolute atomic E-state index is 0.107. The molecule has 0 bridgehead atoms. The standard InChI is InChI=1S/C18H20O8/c1-3-7-25-17(23)14(18(24)26-8-4-2)10-11-5-6-12(15(19)20)13(9-11)16(21)22/h5-6,9-10H,3-4,7-8H2,1-2H3,(H,19,20)(H,21,22). The molecule has 8 heteroatoms. The maximum absolute atomic E-state index is 12.1. The van der Waals surface area contributed by atoms with Gasteiger partial charge in [-0.15, -0.1) is 0 Å². The number of carbonyl (C=O) groups is 4. The fourth-order valence-corrected chi connectivity index (χ4v) is 1.93. The summed E-state index contributed by atoms with van der Waals surface area (Å²) < 4.78 is 9.90. The molecule has 1 aromatic carbocycles. The number of rotatable bonds is 9. The van der Waals surface area contributed by atoms with Gasteiger partial charge in [0.2, 0.25) is 0 Å². The first-order chi connectivity index (χ1) is 12.3. The van der Waals surface area contributed by atoms with Crippen LogP contribution in [0.1, 0.15) is 53.0 Å². The predicted molar refractivity (Wildman–Crippen MR) is 90.8 cm³/mol. The monoisotopic (exact) mass is 364 g/mol. The van der Waals surface area contributed by atoms with E-state index in [4.69, 9.17) is 19.7 Å². The van der Waals surface area contributed by atoms with Gasteiger partial charge in [-0.2, -0.15) is 0 Å². The molecule has 0 radical (unpaired) electrons. The Labute approximate surface area is 150 Å². The second-order valence-corrected chi connectivity index (χ2v) is 5.25. The highest BCUT2D eigenvalue weighted by Gasteiger charge is 2.22. The van der Waals surface area contributed by atoms with E-state index in [1.165, 1.54) is 6.07 Å². The summed E-state index contributed by atoms with van der Waals surface area (Å²) in [5, 5.41) is 18.2. The highest BCUT2D eigenvalue weighted by Crippen LogP contribution is 2.17. The molecule has 8 nitrogen and oxygen atoms in total. The van der Waals surface area contributed by atoms with E-state index in [2.05, 4.69) is 0 Å². The third-order valence-corrected chi connectivity index (χ3v) is 3.13. The van der Waals surface area contributed by atoms with Gasteiger partial charge in [0.25, 0.3) is 0 Å².